The molecule has 2 rings (SSSR count). The monoisotopic (exact) mass is 416 g/mol. The van der Waals surface area contributed by atoms with E-state index in [1.54, 1.807) is 0 Å². The normalized spacial score (nSPS) is 11.0. The van der Waals surface area contributed by atoms with Gasteiger partial charge in [-0.3, -0.25) is 20.2 Å². The van der Waals surface area contributed by atoms with E-state index in [0.717, 1.165) is 18.2 Å². The Morgan fingerprint density at radius 1 is 0.958 bits per heavy atom. The number of anilines is 1. The number of hydrogen-bond donors (Lipinski definition) is 2. The molecule has 0 fully saturated rings. The van der Waals surface area contributed by atoms with Gasteiger partial charge in [-0.25, -0.2) is 8.42 Å². The maximum Gasteiger partial charge on any atom is 0.300 e. The Labute approximate surface area is 143 Å². The molecule has 126 valence electrons. The lowest BCUT2D eigenvalue weighted by Crippen LogP contribution is -2.29. The first kappa shape index (κ1) is 17.8. The van der Waals surface area contributed by atoms with Gasteiger partial charge in [-0.05, 0) is 30.3 Å². The molecule has 0 aliphatic heterocycles. The minimum atomic E-state index is -3.98. The molecule has 0 saturated carbocycles. The first-order chi connectivity index (χ1) is 11.2. The molecule has 0 unspecified atom stereocenters. The van der Waals surface area contributed by atoms with Crippen LogP contribution in [0.4, 0.5) is 17.1 Å². The highest BCUT2D eigenvalue weighted by Crippen LogP contribution is 2.28. The number of non-ortho nitro benzene ring substituents is 1. The van der Waals surface area contributed by atoms with Gasteiger partial charge in [0.25, 0.3) is 15.7 Å². The molecule has 0 saturated heterocycles. The molecule has 0 heterocycles. The molecule has 0 atom stereocenters. The van der Waals surface area contributed by atoms with Crippen molar-refractivity contribution >= 4 is 43.0 Å². The van der Waals surface area contributed by atoms with Crippen molar-refractivity contribution in [1.29, 1.82) is 0 Å². The Morgan fingerprint density at radius 2 is 1.58 bits per heavy atom. The summed E-state index contributed by atoms with van der Waals surface area (Å²) in [6.45, 7) is 0. The van der Waals surface area contributed by atoms with Gasteiger partial charge in [0.05, 0.1) is 20.8 Å². The van der Waals surface area contributed by atoms with Crippen molar-refractivity contribution in [2.24, 2.45) is 0 Å². The van der Waals surface area contributed by atoms with Crippen LogP contribution in [0.15, 0.2) is 51.8 Å². The van der Waals surface area contributed by atoms with E-state index in [4.69, 9.17) is 0 Å². The smallest absolute Gasteiger partial charge is 0.300 e. The number of hydrazine groups is 1. The lowest BCUT2D eigenvalue weighted by Gasteiger charge is -2.09. The summed E-state index contributed by atoms with van der Waals surface area (Å²) in [6, 6.07) is 8.49. The fourth-order valence-electron chi connectivity index (χ4n) is 1.69. The number of nitro groups is 2. The SMILES string of the molecule is O=[N+]([O-])c1ccc(NNS(=O)(=O)c2ccc(Br)cc2)c([N+](=O)[O-])c1. The van der Waals surface area contributed by atoms with Gasteiger partial charge in [0, 0.05) is 10.5 Å². The lowest BCUT2D eigenvalue weighted by molar-refractivity contribution is -0.393. The molecule has 0 bridgehead atoms. The third-order valence-corrected chi connectivity index (χ3v) is 4.63. The fourth-order valence-corrected chi connectivity index (χ4v) is 2.81. The Morgan fingerprint density at radius 3 is 2.12 bits per heavy atom. The second kappa shape index (κ2) is 6.90. The Hall–Kier alpha value is -2.57. The zero-order valence-corrected chi connectivity index (χ0v) is 14.1. The number of nitrogens with zero attached hydrogens (tertiary/aromatic N) is 2. The Balaban J connectivity index is 2.26. The zero-order valence-electron chi connectivity index (χ0n) is 11.7. The van der Waals surface area contributed by atoms with Crippen molar-refractivity contribution in [2.45, 2.75) is 4.90 Å². The first-order valence-corrected chi connectivity index (χ1v) is 8.44. The van der Waals surface area contributed by atoms with Crippen LogP contribution < -0.4 is 10.3 Å². The van der Waals surface area contributed by atoms with Crippen LogP contribution in [-0.2, 0) is 10.0 Å². The van der Waals surface area contributed by atoms with E-state index in [1.807, 2.05) is 4.83 Å². The summed E-state index contributed by atoms with van der Waals surface area (Å²) in [5.74, 6) is 0. The molecule has 0 radical (unpaired) electrons. The molecule has 10 nitrogen and oxygen atoms in total. The predicted octanol–water partition coefficient (Wildman–Crippen LogP) is 2.57. The summed E-state index contributed by atoms with van der Waals surface area (Å²) in [5.41, 5.74) is 0.850. The third kappa shape index (κ3) is 4.04. The topological polar surface area (TPSA) is 144 Å². The summed E-state index contributed by atoms with van der Waals surface area (Å²) in [4.78, 5) is 21.9. The van der Waals surface area contributed by atoms with Gasteiger partial charge in [-0.1, -0.05) is 15.9 Å². The van der Waals surface area contributed by atoms with Crippen molar-refractivity contribution in [2.75, 3.05) is 5.43 Å². The highest BCUT2D eigenvalue weighted by Gasteiger charge is 2.21. The molecule has 0 amide bonds. The largest absolute Gasteiger partial charge is 0.302 e. The van der Waals surface area contributed by atoms with Gasteiger partial charge >= 0.3 is 5.69 Å². The van der Waals surface area contributed by atoms with Gasteiger partial charge in [0.15, 0.2) is 0 Å². The zero-order chi connectivity index (χ0) is 17.9. The van der Waals surface area contributed by atoms with Gasteiger partial charge in [0.1, 0.15) is 5.69 Å². The number of sulfonamides is 1. The second-order valence-electron chi connectivity index (χ2n) is 4.40. The molecule has 24 heavy (non-hydrogen) atoms. The van der Waals surface area contributed by atoms with Crippen LogP contribution in [0.2, 0.25) is 0 Å². The number of hydrogen-bond acceptors (Lipinski definition) is 7. The quantitative estimate of drug-likeness (QED) is 0.543. The van der Waals surface area contributed by atoms with E-state index in [-0.39, 0.29) is 10.6 Å². The van der Waals surface area contributed by atoms with Crippen LogP contribution in [-0.4, -0.2) is 18.3 Å². The van der Waals surface area contributed by atoms with E-state index in [2.05, 4.69) is 21.4 Å². The predicted molar refractivity (Wildman–Crippen MR) is 87.8 cm³/mol. The van der Waals surface area contributed by atoms with Crippen molar-refractivity contribution in [3.05, 3.63) is 67.2 Å². The third-order valence-electron chi connectivity index (χ3n) is 2.83. The summed E-state index contributed by atoms with van der Waals surface area (Å²) in [7, 11) is -3.98. The van der Waals surface area contributed by atoms with Gasteiger partial charge in [-0.15, -0.1) is 4.83 Å². The van der Waals surface area contributed by atoms with Gasteiger partial charge < -0.3 is 5.43 Å². The summed E-state index contributed by atoms with van der Waals surface area (Å²) < 4.78 is 24.9. The van der Waals surface area contributed by atoms with Crippen LogP contribution >= 0.6 is 15.9 Å². The average Bonchev–Trinajstić information content (AvgIpc) is 2.53. The van der Waals surface area contributed by atoms with Crippen LogP contribution in [0.1, 0.15) is 0 Å². The van der Waals surface area contributed by atoms with Crippen LogP contribution in [0, 0.1) is 20.2 Å². The standard InChI is InChI=1S/C12H9BrN4O6S/c13-8-1-4-10(5-2-8)24(22,23)15-14-11-6-3-9(16(18)19)7-12(11)17(20)21/h1-7,14-15H. The van der Waals surface area contributed by atoms with Crippen LogP contribution in [0.25, 0.3) is 0 Å². The molecule has 2 N–H and O–H groups in total. The lowest BCUT2D eigenvalue weighted by atomic mass is 10.2. The van der Waals surface area contributed by atoms with Crippen molar-refractivity contribution in [1.82, 2.24) is 4.83 Å². The molecule has 0 aliphatic carbocycles. The van der Waals surface area contributed by atoms with Gasteiger partial charge in [-0.2, -0.15) is 0 Å². The minimum absolute atomic E-state index is 0.0669. The fraction of sp³-hybridized carbons (Fsp3) is 0. The molecule has 12 heteroatoms. The molecule has 2 aromatic carbocycles. The van der Waals surface area contributed by atoms with Crippen molar-refractivity contribution < 1.29 is 18.3 Å². The van der Waals surface area contributed by atoms with Gasteiger partial charge in [0.2, 0.25) is 0 Å². The molecular formula is C12H9BrN4O6S. The Bertz CT molecular complexity index is 900. The number of halogens is 1. The summed E-state index contributed by atoms with van der Waals surface area (Å²) >= 11 is 3.17. The maximum atomic E-state index is 12.1. The van der Waals surface area contributed by atoms with Crippen LogP contribution in [0.3, 0.4) is 0 Å². The number of benzene rings is 2. The molecule has 0 aromatic heterocycles. The maximum absolute atomic E-state index is 12.1. The van der Waals surface area contributed by atoms with E-state index in [0.29, 0.717) is 4.47 Å². The van der Waals surface area contributed by atoms with E-state index in [1.165, 1.54) is 24.3 Å². The molecular weight excluding hydrogens is 408 g/mol. The number of nitro benzene ring substituents is 2. The summed E-state index contributed by atoms with van der Waals surface area (Å²) in [5, 5.41) is 21.7. The van der Waals surface area contributed by atoms with Crippen LogP contribution in [0.5, 0.6) is 0 Å². The highest BCUT2D eigenvalue weighted by molar-refractivity contribution is 9.10. The van der Waals surface area contributed by atoms with E-state index < -0.39 is 31.2 Å². The van der Waals surface area contributed by atoms with Crippen molar-refractivity contribution in [3.8, 4) is 0 Å². The second-order valence-corrected chi connectivity index (χ2v) is 7.00. The molecule has 0 spiro atoms. The Kier molecular flexibility index (Phi) is 5.11. The summed E-state index contributed by atoms with van der Waals surface area (Å²) in [6.07, 6.45) is 0. The number of rotatable bonds is 6. The van der Waals surface area contributed by atoms with Crippen molar-refractivity contribution in [3.63, 3.8) is 0 Å². The molecule has 2 aromatic rings. The van der Waals surface area contributed by atoms with E-state index in [9.17, 15) is 28.6 Å². The molecule has 0 aliphatic rings. The van der Waals surface area contributed by atoms with E-state index >= 15 is 0 Å². The highest BCUT2D eigenvalue weighted by atomic mass is 79.9. The minimum Gasteiger partial charge on any atom is -0.302 e. The number of nitrogens with one attached hydrogen (secondary N) is 2. The average molecular weight is 417 g/mol. The first-order valence-electron chi connectivity index (χ1n) is 6.17.